The molecule has 29 heavy (non-hydrogen) atoms. The van der Waals surface area contributed by atoms with Crippen LogP contribution in [0.25, 0.3) is 22.1 Å². The summed E-state index contributed by atoms with van der Waals surface area (Å²) in [6, 6.07) is 11.9. The van der Waals surface area contributed by atoms with E-state index in [2.05, 4.69) is 23.8 Å². The van der Waals surface area contributed by atoms with Crippen molar-refractivity contribution in [1.82, 2.24) is 19.8 Å². The third-order valence-corrected chi connectivity index (χ3v) is 5.41. The van der Waals surface area contributed by atoms with Crippen LogP contribution < -0.4 is 9.47 Å². The topological polar surface area (TPSA) is 50.7 Å². The molecule has 6 heteroatoms. The number of aromatic nitrogens is 2. The van der Waals surface area contributed by atoms with E-state index in [-0.39, 0.29) is 0 Å². The maximum atomic E-state index is 5.99. The molecular weight excluding hydrogens is 364 g/mol. The Hall–Kier alpha value is -2.44. The van der Waals surface area contributed by atoms with Gasteiger partial charge in [-0.25, -0.2) is 9.97 Å². The van der Waals surface area contributed by atoms with Crippen LogP contribution >= 0.6 is 0 Å². The Morgan fingerprint density at radius 3 is 1.97 bits per heavy atom. The fourth-order valence-electron chi connectivity index (χ4n) is 3.51. The van der Waals surface area contributed by atoms with Gasteiger partial charge in [-0.05, 0) is 37.7 Å². The Morgan fingerprint density at radius 1 is 0.793 bits per heavy atom. The zero-order valence-corrected chi connectivity index (χ0v) is 17.4. The first-order valence-electron chi connectivity index (χ1n) is 10.6. The van der Waals surface area contributed by atoms with Crippen LogP contribution in [0.2, 0.25) is 0 Å². The van der Waals surface area contributed by atoms with Crippen molar-refractivity contribution >= 4 is 22.1 Å². The summed E-state index contributed by atoms with van der Waals surface area (Å²) >= 11 is 0. The average Bonchev–Trinajstić information content (AvgIpc) is 2.74. The lowest BCUT2D eigenvalue weighted by molar-refractivity contribution is 0.134. The van der Waals surface area contributed by atoms with Crippen LogP contribution in [0.3, 0.4) is 0 Å². The molecule has 0 bridgehead atoms. The minimum atomic E-state index is 0.689. The number of ether oxygens (including phenoxy) is 2. The Bertz CT molecular complexity index is 954. The summed E-state index contributed by atoms with van der Waals surface area (Å²) in [6.45, 7) is 9.01. The Kier molecular flexibility index (Phi) is 6.42. The minimum absolute atomic E-state index is 0.689. The molecule has 1 aliphatic rings. The van der Waals surface area contributed by atoms with Crippen molar-refractivity contribution in [3.05, 3.63) is 36.4 Å². The number of likely N-dealkylation sites (N-methyl/N-ethyl adjacent to an activating group) is 1. The first kappa shape index (κ1) is 19.9. The van der Waals surface area contributed by atoms with Crippen LogP contribution in [0.5, 0.6) is 11.5 Å². The predicted molar refractivity (Wildman–Crippen MR) is 117 cm³/mol. The minimum Gasteiger partial charge on any atom is -0.494 e. The van der Waals surface area contributed by atoms with E-state index in [9.17, 15) is 0 Å². The second-order valence-corrected chi connectivity index (χ2v) is 7.72. The summed E-state index contributed by atoms with van der Waals surface area (Å²) in [6.07, 6.45) is 2.18. The second kappa shape index (κ2) is 9.37. The number of piperazine rings is 1. The summed E-state index contributed by atoms with van der Waals surface area (Å²) in [5.41, 5.74) is 3.45. The van der Waals surface area contributed by atoms with Gasteiger partial charge in [-0.3, -0.25) is 4.90 Å². The Balaban J connectivity index is 1.41. The maximum absolute atomic E-state index is 5.99. The van der Waals surface area contributed by atoms with Gasteiger partial charge in [0.15, 0.2) is 0 Å². The third kappa shape index (κ3) is 5.14. The number of fused-ring (bicyclic) bond motifs is 2. The SMILES string of the molecule is CCCCOc1ccc2nc3cc(OCCN4CCN(C)CC4)ccc3nc2c1. The highest BCUT2D eigenvalue weighted by Gasteiger charge is 2.13. The van der Waals surface area contributed by atoms with Gasteiger partial charge in [0.25, 0.3) is 0 Å². The molecule has 2 heterocycles. The van der Waals surface area contributed by atoms with Crippen molar-refractivity contribution in [2.24, 2.45) is 0 Å². The molecule has 0 saturated carbocycles. The van der Waals surface area contributed by atoms with Crippen molar-refractivity contribution < 1.29 is 9.47 Å². The van der Waals surface area contributed by atoms with E-state index in [1.165, 1.54) is 0 Å². The normalized spacial score (nSPS) is 15.8. The van der Waals surface area contributed by atoms with Crippen molar-refractivity contribution in [2.45, 2.75) is 19.8 Å². The molecule has 154 valence electrons. The molecule has 0 unspecified atom stereocenters. The summed E-state index contributed by atoms with van der Waals surface area (Å²) < 4.78 is 11.8. The number of nitrogens with zero attached hydrogens (tertiary/aromatic N) is 4. The van der Waals surface area contributed by atoms with Crippen LogP contribution in [-0.4, -0.2) is 72.8 Å². The van der Waals surface area contributed by atoms with E-state index in [0.717, 1.165) is 85.7 Å². The fraction of sp³-hybridized carbons (Fsp3) is 0.478. The molecule has 6 nitrogen and oxygen atoms in total. The molecule has 0 radical (unpaired) electrons. The highest BCUT2D eigenvalue weighted by molar-refractivity contribution is 5.87. The summed E-state index contributed by atoms with van der Waals surface area (Å²) in [4.78, 5) is 14.3. The number of hydrogen-bond acceptors (Lipinski definition) is 6. The Labute approximate surface area is 172 Å². The van der Waals surface area contributed by atoms with Crippen LogP contribution in [0.15, 0.2) is 36.4 Å². The summed E-state index contributed by atoms with van der Waals surface area (Å²) in [5, 5.41) is 0. The van der Waals surface area contributed by atoms with E-state index >= 15 is 0 Å². The summed E-state index contributed by atoms with van der Waals surface area (Å²) in [5.74, 6) is 1.70. The summed E-state index contributed by atoms with van der Waals surface area (Å²) in [7, 11) is 2.17. The Morgan fingerprint density at radius 2 is 1.38 bits per heavy atom. The quantitative estimate of drug-likeness (QED) is 0.430. The molecule has 3 aromatic rings. The highest BCUT2D eigenvalue weighted by Crippen LogP contribution is 2.24. The van der Waals surface area contributed by atoms with Crippen molar-refractivity contribution in [2.75, 3.05) is 53.0 Å². The van der Waals surface area contributed by atoms with E-state index in [1.54, 1.807) is 0 Å². The number of hydrogen-bond donors (Lipinski definition) is 0. The smallest absolute Gasteiger partial charge is 0.121 e. The average molecular weight is 395 g/mol. The lowest BCUT2D eigenvalue weighted by atomic mass is 10.2. The molecule has 0 atom stereocenters. The van der Waals surface area contributed by atoms with Crippen molar-refractivity contribution in [3.63, 3.8) is 0 Å². The molecule has 1 aliphatic heterocycles. The molecule has 1 fully saturated rings. The van der Waals surface area contributed by atoms with Gasteiger partial charge in [0.2, 0.25) is 0 Å². The molecular formula is C23H30N4O2. The van der Waals surface area contributed by atoms with E-state index in [0.29, 0.717) is 6.61 Å². The molecule has 0 amide bonds. The van der Waals surface area contributed by atoms with Crippen LogP contribution in [0, 0.1) is 0 Å². The van der Waals surface area contributed by atoms with Gasteiger partial charge in [-0.2, -0.15) is 0 Å². The molecule has 0 aliphatic carbocycles. The number of unbranched alkanes of at least 4 members (excludes halogenated alkanes) is 1. The zero-order chi connectivity index (χ0) is 20.1. The first-order chi connectivity index (χ1) is 14.2. The molecule has 0 spiro atoms. The molecule has 4 rings (SSSR count). The standard InChI is InChI=1S/C23H30N4O2/c1-3-4-14-28-18-5-7-20-22(16-18)24-21-8-6-19(17-23(21)25-20)29-15-13-27-11-9-26(2)10-12-27/h5-8,16-17H,3-4,9-15H2,1-2H3. The zero-order valence-electron chi connectivity index (χ0n) is 17.4. The van der Waals surface area contributed by atoms with Crippen molar-refractivity contribution in [3.8, 4) is 11.5 Å². The number of benzene rings is 2. The van der Waals surface area contributed by atoms with Gasteiger partial charge in [-0.1, -0.05) is 13.3 Å². The molecule has 1 aromatic heterocycles. The van der Waals surface area contributed by atoms with Crippen LogP contribution in [0.4, 0.5) is 0 Å². The second-order valence-electron chi connectivity index (χ2n) is 7.72. The predicted octanol–water partition coefficient (Wildman–Crippen LogP) is 3.59. The van der Waals surface area contributed by atoms with E-state index in [1.807, 2.05) is 36.4 Å². The maximum Gasteiger partial charge on any atom is 0.121 e. The van der Waals surface area contributed by atoms with Crippen molar-refractivity contribution in [1.29, 1.82) is 0 Å². The molecule has 0 N–H and O–H groups in total. The van der Waals surface area contributed by atoms with Gasteiger partial charge < -0.3 is 14.4 Å². The van der Waals surface area contributed by atoms with Gasteiger partial charge in [0.05, 0.1) is 28.7 Å². The fourth-order valence-corrected chi connectivity index (χ4v) is 3.51. The lowest BCUT2D eigenvalue weighted by Gasteiger charge is -2.32. The van der Waals surface area contributed by atoms with Gasteiger partial charge in [0, 0.05) is 44.9 Å². The van der Waals surface area contributed by atoms with E-state index < -0.39 is 0 Å². The number of rotatable bonds is 8. The van der Waals surface area contributed by atoms with Gasteiger partial charge in [-0.15, -0.1) is 0 Å². The van der Waals surface area contributed by atoms with Gasteiger partial charge in [0.1, 0.15) is 18.1 Å². The van der Waals surface area contributed by atoms with Crippen LogP contribution in [-0.2, 0) is 0 Å². The lowest BCUT2D eigenvalue weighted by Crippen LogP contribution is -2.45. The molecule has 2 aromatic carbocycles. The van der Waals surface area contributed by atoms with Gasteiger partial charge >= 0.3 is 0 Å². The highest BCUT2D eigenvalue weighted by atomic mass is 16.5. The largest absolute Gasteiger partial charge is 0.494 e. The monoisotopic (exact) mass is 394 g/mol. The molecule has 1 saturated heterocycles. The van der Waals surface area contributed by atoms with Crippen LogP contribution in [0.1, 0.15) is 19.8 Å². The van der Waals surface area contributed by atoms with E-state index in [4.69, 9.17) is 19.4 Å². The third-order valence-electron chi connectivity index (χ3n) is 5.41. The first-order valence-corrected chi connectivity index (χ1v) is 10.6.